The predicted molar refractivity (Wildman–Crippen MR) is 115 cm³/mol. The number of oxazole rings is 1. The van der Waals surface area contributed by atoms with E-state index in [9.17, 15) is 8.42 Å². The minimum Gasteiger partial charge on any atom is -0.419 e. The van der Waals surface area contributed by atoms with E-state index in [1.165, 1.54) is 0 Å². The Labute approximate surface area is 172 Å². The first-order valence-electron chi connectivity index (χ1n) is 9.56. The van der Waals surface area contributed by atoms with Crippen LogP contribution in [0.1, 0.15) is 17.5 Å². The molecule has 29 heavy (non-hydrogen) atoms. The molecule has 0 spiro atoms. The standard InChI is InChI=1S/C22H27N3O3S/c1-16-10-12-18(13-11-16)29(26,27)22-21(23-14-7-15-25(3)4)28-20(24-22)19-9-6-5-8-17(19)2/h5-6,8-13,23H,7,14-15H2,1-4H3. The van der Waals surface area contributed by atoms with Crippen molar-refractivity contribution in [2.45, 2.75) is 30.2 Å². The Morgan fingerprint density at radius 3 is 2.38 bits per heavy atom. The van der Waals surface area contributed by atoms with Crippen LogP contribution >= 0.6 is 0 Å². The second-order valence-electron chi connectivity index (χ2n) is 7.37. The lowest BCUT2D eigenvalue weighted by molar-refractivity contribution is 0.404. The zero-order chi connectivity index (χ0) is 21.0. The Bertz CT molecular complexity index is 1070. The highest BCUT2D eigenvalue weighted by atomic mass is 32.2. The van der Waals surface area contributed by atoms with Crippen molar-refractivity contribution in [3.05, 3.63) is 59.7 Å². The Balaban J connectivity index is 2.01. The van der Waals surface area contributed by atoms with Crippen LogP contribution in [0.5, 0.6) is 0 Å². The van der Waals surface area contributed by atoms with Crippen molar-refractivity contribution >= 4 is 15.7 Å². The van der Waals surface area contributed by atoms with Crippen LogP contribution in [0.15, 0.2) is 62.9 Å². The van der Waals surface area contributed by atoms with E-state index in [1.807, 2.05) is 52.2 Å². The molecule has 3 rings (SSSR count). The summed E-state index contributed by atoms with van der Waals surface area (Å²) in [6.07, 6.45) is 0.845. The first-order valence-corrected chi connectivity index (χ1v) is 11.0. The molecule has 0 aliphatic rings. The number of benzene rings is 2. The molecule has 0 saturated heterocycles. The lowest BCUT2D eigenvalue weighted by Crippen LogP contribution is -2.17. The second kappa shape index (κ2) is 8.80. The Kier molecular flexibility index (Phi) is 6.39. The lowest BCUT2D eigenvalue weighted by atomic mass is 10.1. The molecule has 0 radical (unpaired) electrons. The summed E-state index contributed by atoms with van der Waals surface area (Å²) < 4.78 is 32.4. The molecule has 0 unspecified atom stereocenters. The van der Waals surface area contributed by atoms with E-state index in [2.05, 4.69) is 15.2 Å². The van der Waals surface area contributed by atoms with Crippen LogP contribution in [-0.4, -0.2) is 45.5 Å². The third-order valence-electron chi connectivity index (χ3n) is 4.63. The smallest absolute Gasteiger partial charge is 0.233 e. The van der Waals surface area contributed by atoms with Crippen LogP contribution in [0.3, 0.4) is 0 Å². The molecule has 2 aromatic carbocycles. The van der Waals surface area contributed by atoms with Crippen molar-refractivity contribution in [3.63, 3.8) is 0 Å². The first kappa shape index (κ1) is 21.1. The number of rotatable bonds is 8. The summed E-state index contributed by atoms with van der Waals surface area (Å²) in [4.78, 5) is 6.67. The van der Waals surface area contributed by atoms with E-state index in [4.69, 9.17) is 4.42 Å². The van der Waals surface area contributed by atoms with Gasteiger partial charge in [0.25, 0.3) is 0 Å². The van der Waals surface area contributed by atoms with Crippen LogP contribution in [0.2, 0.25) is 0 Å². The van der Waals surface area contributed by atoms with E-state index in [1.54, 1.807) is 24.3 Å². The van der Waals surface area contributed by atoms with E-state index < -0.39 is 9.84 Å². The number of sulfone groups is 1. The van der Waals surface area contributed by atoms with Gasteiger partial charge in [-0.05, 0) is 64.7 Å². The molecule has 1 aromatic heterocycles. The highest BCUT2D eigenvalue weighted by Gasteiger charge is 2.28. The number of aryl methyl sites for hydroxylation is 2. The van der Waals surface area contributed by atoms with E-state index in [-0.39, 0.29) is 15.8 Å². The normalized spacial score (nSPS) is 11.8. The van der Waals surface area contributed by atoms with E-state index in [0.717, 1.165) is 29.7 Å². The highest BCUT2D eigenvalue weighted by molar-refractivity contribution is 7.91. The zero-order valence-corrected chi connectivity index (χ0v) is 18.1. The SMILES string of the molecule is Cc1ccc(S(=O)(=O)c2nc(-c3ccccc3C)oc2NCCCN(C)C)cc1. The maximum Gasteiger partial charge on any atom is 0.233 e. The van der Waals surface area contributed by atoms with Crippen molar-refractivity contribution in [2.75, 3.05) is 32.5 Å². The van der Waals surface area contributed by atoms with Crippen molar-refractivity contribution < 1.29 is 12.8 Å². The monoisotopic (exact) mass is 413 g/mol. The van der Waals surface area contributed by atoms with Crippen molar-refractivity contribution in [3.8, 4) is 11.5 Å². The Morgan fingerprint density at radius 1 is 1.03 bits per heavy atom. The Morgan fingerprint density at radius 2 is 1.72 bits per heavy atom. The molecule has 0 atom stereocenters. The summed E-state index contributed by atoms with van der Waals surface area (Å²) in [6, 6.07) is 14.4. The van der Waals surface area contributed by atoms with Gasteiger partial charge in [-0.1, -0.05) is 35.9 Å². The summed E-state index contributed by atoms with van der Waals surface area (Å²) in [5.74, 6) is 0.478. The molecule has 0 aliphatic heterocycles. The average molecular weight is 414 g/mol. The molecular formula is C22H27N3O3S. The highest BCUT2D eigenvalue weighted by Crippen LogP contribution is 2.33. The topological polar surface area (TPSA) is 75.4 Å². The number of hydrogen-bond donors (Lipinski definition) is 1. The van der Waals surface area contributed by atoms with Crippen LogP contribution < -0.4 is 5.32 Å². The maximum absolute atomic E-state index is 13.3. The average Bonchev–Trinajstić information content (AvgIpc) is 3.10. The number of nitrogens with one attached hydrogen (secondary N) is 1. The van der Waals surface area contributed by atoms with Crippen LogP contribution in [-0.2, 0) is 9.84 Å². The summed E-state index contributed by atoms with van der Waals surface area (Å²) in [6.45, 7) is 5.32. The van der Waals surface area contributed by atoms with Gasteiger partial charge in [0.05, 0.1) is 4.90 Å². The summed E-state index contributed by atoms with van der Waals surface area (Å²) in [5.41, 5.74) is 2.73. The second-order valence-corrected chi connectivity index (χ2v) is 9.23. The number of hydrogen-bond acceptors (Lipinski definition) is 6. The predicted octanol–water partition coefficient (Wildman–Crippen LogP) is 4.15. The molecule has 1 heterocycles. The van der Waals surface area contributed by atoms with Gasteiger partial charge >= 0.3 is 0 Å². The molecular weight excluding hydrogens is 386 g/mol. The molecule has 1 N–H and O–H groups in total. The number of aromatic nitrogens is 1. The molecule has 0 bridgehead atoms. The fraction of sp³-hybridized carbons (Fsp3) is 0.318. The molecule has 7 heteroatoms. The summed E-state index contributed by atoms with van der Waals surface area (Å²) >= 11 is 0. The van der Waals surface area contributed by atoms with Gasteiger partial charge in [0.2, 0.25) is 26.6 Å². The maximum atomic E-state index is 13.3. The number of nitrogens with zero attached hydrogens (tertiary/aromatic N) is 2. The third-order valence-corrected chi connectivity index (χ3v) is 6.30. The fourth-order valence-corrected chi connectivity index (χ4v) is 4.23. The molecule has 0 aliphatic carbocycles. The van der Waals surface area contributed by atoms with E-state index in [0.29, 0.717) is 12.4 Å². The van der Waals surface area contributed by atoms with E-state index >= 15 is 0 Å². The molecule has 3 aromatic rings. The molecule has 0 fully saturated rings. The quantitative estimate of drug-likeness (QED) is 0.559. The molecule has 0 saturated carbocycles. The third kappa shape index (κ3) is 4.86. The van der Waals surface area contributed by atoms with Crippen LogP contribution in [0, 0.1) is 13.8 Å². The minimum absolute atomic E-state index is 0.0792. The van der Waals surface area contributed by atoms with Gasteiger partial charge in [0.15, 0.2) is 0 Å². The van der Waals surface area contributed by atoms with Gasteiger partial charge in [-0.2, -0.15) is 4.98 Å². The largest absolute Gasteiger partial charge is 0.419 e. The van der Waals surface area contributed by atoms with Gasteiger partial charge < -0.3 is 14.6 Å². The Hall–Kier alpha value is -2.64. The van der Waals surface area contributed by atoms with Crippen LogP contribution in [0.4, 0.5) is 5.88 Å². The van der Waals surface area contributed by atoms with Gasteiger partial charge in [-0.15, -0.1) is 0 Å². The van der Waals surface area contributed by atoms with Gasteiger partial charge in [-0.3, -0.25) is 0 Å². The van der Waals surface area contributed by atoms with Gasteiger partial charge in [0, 0.05) is 12.1 Å². The number of anilines is 1. The van der Waals surface area contributed by atoms with Gasteiger partial charge in [-0.25, -0.2) is 8.42 Å². The van der Waals surface area contributed by atoms with Crippen molar-refractivity contribution in [2.24, 2.45) is 0 Å². The molecule has 6 nitrogen and oxygen atoms in total. The lowest BCUT2D eigenvalue weighted by Gasteiger charge is -2.10. The fourth-order valence-electron chi connectivity index (χ4n) is 2.95. The van der Waals surface area contributed by atoms with Crippen LogP contribution in [0.25, 0.3) is 11.5 Å². The zero-order valence-electron chi connectivity index (χ0n) is 17.3. The van der Waals surface area contributed by atoms with Gasteiger partial charge in [0.1, 0.15) is 0 Å². The summed E-state index contributed by atoms with van der Waals surface area (Å²) in [5, 5.41) is 3.05. The first-order chi connectivity index (χ1) is 13.8. The van der Waals surface area contributed by atoms with Crippen molar-refractivity contribution in [1.29, 1.82) is 0 Å². The van der Waals surface area contributed by atoms with Crippen molar-refractivity contribution in [1.82, 2.24) is 9.88 Å². The minimum atomic E-state index is -3.82. The summed E-state index contributed by atoms with van der Waals surface area (Å²) in [7, 11) is 0.178. The molecule has 154 valence electrons. The molecule has 0 amide bonds.